The van der Waals surface area contributed by atoms with Crippen molar-refractivity contribution in [3.8, 4) is 0 Å². The number of fused-ring (bicyclic) bond motifs is 1. The highest BCUT2D eigenvalue weighted by Gasteiger charge is 2.08. The Morgan fingerprint density at radius 1 is 1.10 bits per heavy atom. The van der Waals surface area contributed by atoms with Crippen molar-refractivity contribution in [2.75, 3.05) is 5.32 Å². The van der Waals surface area contributed by atoms with Gasteiger partial charge in [0.05, 0.1) is 0 Å². The molecule has 4 heteroatoms. The number of nitrogens with zero attached hydrogens (tertiary/aromatic N) is 1. The summed E-state index contributed by atoms with van der Waals surface area (Å²) in [6, 6.07) is 15.3. The fourth-order valence-corrected chi connectivity index (χ4v) is 2.45. The Kier molecular flexibility index (Phi) is 3.71. The molecule has 0 saturated heterocycles. The number of nitrogens with one attached hydrogen (secondary N) is 1. The van der Waals surface area contributed by atoms with Crippen LogP contribution in [-0.4, -0.2) is 10.9 Å². The molecule has 1 heterocycles. The van der Waals surface area contributed by atoms with E-state index in [4.69, 9.17) is 0 Å². The summed E-state index contributed by atoms with van der Waals surface area (Å²) in [5.74, 6) is 0.383. The van der Waals surface area contributed by atoms with E-state index in [0.29, 0.717) is 11.4 Å². The number of aromatic nitrogens is 1. The summed E-state index contributed by atoms with van der Waals surface area (Å²) < 4.78 is 0.918. The molecular weight excluding hydrogens is 328 g/mol. The Hall–Kier alpha value is -2.20. The zero-order chi connectivity index (χ0) is 14.8. The number of hydrogen-bond donors (Lipinski definition) is 1. The lowest BCUT2D eigenvalue weighted by Gasteiger charge is -2.07. The number of carbonyl (C=O) groups is 1. The van der Waals surface area contributed by atoms with Gasteiger partial charge in [-0.05, 0) is 36.1 Å². The molecule has 1 amide bonds. The molecule has 0 aliphatic heterocycles. The number of hydrogen-bond acceptors (Lipinski definition) is 2. The van der Waals surface area contributed by atoms with Gasteiger partial charge >= 0.3 is 0 Å². The first kappa shape index (κ1) is 13.8. The highest BCUT2D eigenvalue weighted by atomic mass is 79.9. The van der Waals surface area contributed by atoms with E-state index < -0.39 is 0 Å². The van der Waals surface area contributed by atoms with Crippen LogP contribution in [0, 0.1) is 6.92 Å². The average Bonchev–Trinajstić information content (AvgIpc) is 2.50. The van der Waals surface area contributed by atoms with E-state index in [1.165, 1.54) is 0 Å². The molecule has 104 valence electrons. The highest BCUT2D eigenvalue weighted by Crippen LogP contribution is 2.19. The van der Waals surface area contributed by atoms with Gasteiger partial charge in [-0.15, -0.1) is 0 Å². The van der Waals surface area contributed by atoms with E-state index in [-0.39, 0.29) is 5.91 Å². The summed E-state index contributed by atoms with van der Waals surface area (Å²) in [4.78, 5) is 16.5. The second kappa shape index (κ2) is 5.66. The Morgan fingerprint density at radius 3 is 2.62 bits per heavy atom. The Balaban J connectivity index is 1.87. The lowest BCUT2D eigenvalue weighted by atomic mass is 10.1. The summed E-state index contributed by atoms with van der Waals surface area (Å²) in [5.41, 5.74) is 1.69. The van der Waals surface area contributed by atoms with Gasteiger partial charge in [-0.2, -0.15) is 0 Å². The van der Waals surface area contributed by atoms with E-state index in [2.05, 4.69) is 26.2 Å². The lowest BCUT2D eigenvalue weighted by Crippen LogP contribution is -2.12. The summed E-state index contributed by atoms with van der Waals surface area (Å²) in [5, 5.41) is 4.92. The molecule has 3 rings (SSSR count). The molecule has 0 unspecified atom stereocenters. The van der Waals surface area contributed by atoms with E-state index in [0.717, 1.165) is 20.8 Å². The maximum atomic E-state index is 12.2. The molecule has 1 N–H and O–H groups in total. The number of amides is 1. The van der Waals surface area contributed by atoms with Crippen molar-refractivity contribution in [1.29, 1.82) is 0 Å². The van der Waals surface area contributed by atoms with E-state index in [9.17, 15) is 4.79 Å². The van der Waals surface area contributed by atoms with Crippen LogP contribution >= 0.6 is 15.9 Å². The quantitative estimate of drug-likeness (QED) is 0.743. The van der Waals surface area contributed by atoms with Gasteiger partial charge in [0.25, 0.3) is 5.91 Å². The first-order valence-corrected chi connectivity index (χ1v) is 7.35. The number of halogens is 1. The van der Waals surface area contributed by atoms with Crippen molar-refractivity contribution in [2.24, 2.45) is 0 Å². The minimum atomic E-state index is -0.168. The van der Waals surface area contributed by atoms with Gasteiger partial charge in [-0.3, -0.25) is 4.79 Å². The van der Waals surface area contributed by atoms with Crippen LogP contribution in [0.2, 0.25) is 0 Å². The molecule has 3 nitrogen and oxygen atoms in total. The van der Waals surface area contributed by atoms with E-state index in [1.807, 2.05) is 49.4 Å². The van der Waals surface area contributed by atoms with Gasteiger partial charge in [0, 0.05) is 21.6 Å². The third-order valence-electron chi connectivity index (χ3n) is 3.31. The molecule has 0 atom stereocenters. The summed E-state index contributed by atoms with van der Waals surface area (Å²) >= 11 is 3.44. The van der Waals surface area contributed by atoms with E-state index in [1.54, 1.807) is 12.3 Å². The van der Waals surface area contributed by atoms with Gasteiger partial charge in [-0.25, -0.2) is 4.98 Å². The topological polar surface area (TPSA) is 42.0 Å². The number of rotatable bonds is 2. The van der Waals surface area contributed by atoms with Crippen LogP contribution < -0.4 is 5.32 Å². The van der Waals surface area contributed by atoms with Crippen molar-refractivity contribution in [3.63, 3.8) is 0 Å². The van der Waals surface area contributed by atoms with Gasteiger partial charge in [0.15, 0.2) is 0 Å². The SMILES string of the molecule is Cc1ccc(C(=O)Nc2cc3ccccc3cn2)cc1Br. The standard InChI is InChI=1S/C17H13BrN2O/c1-11-6-7-13(8-15(11)18)17(21)20-16-9-12-4-2-3-5-14(12)10-19-16/h2-10H,1H3,(H,19,20,21). The van der Waals surface area contributed by atoms with Crippen LogP contribution in [0.1, 0.15) is 15.9 Å². The zero-order valence-electron chi connectivity index (χ0n) is 11.4. The smallest absolute Gasteiger partial charge is 0.256 e. The second-order valence-electron chi connectivity index (χ2n) is 4.83. The van der Waals surface area contributed by atoms with Gasteiger partial charge < -0.3 is 5.32 Å². The Labute approximate surface area is 131 Å². The number of carbonyl (C=O) groups excluding carboxylic acids is 1. The molecule has 0 fully saturated rings. The van der Waals surface area contributed by atoms with Crippen molar-refractivity contribution < 1.29 is 4.79 Å². The molecule has 1 aromatic heterocycles. The molecule has 21 heavy (non-hydrogen) atoms. The Bertz CT molecular complexity index is 830. The van der Waals surface area contributed by atoms with Crippen LogP contribution in [0.25, 0.3) is 10.8 Å². The third-order valence-corrected chi connectivity index (χ3v) is 4.16. The summed E-state index contributed by atoms with van der Waals surface area (Å²) in [6.45, 7) is 1.98. The first-order chi connectivity index (χ1) is 10.1. The van der Waals surface area contributed by atoms with Crippen molar-refractivity contribution in [2.45, 2.75) is 6.92 Å². The minimum Gasteiger partial charge on any atom is -0.307 e. The maximum absolute atomic E-state index is 12.2. The van der Waals surface area contributed by atoms with Gasteiger partial charge in [0.1, 0.15) is 5.82 Å². The highest BCUT2D eigenvalue weighted by molar-refractivity contribution is 9.10. The third kappa shape index (κ3) is 2.95. The molecule has 0 bridgehead atoms. The molecule has 0 aliphatic rings. The molecule has 3 aromatic rings. The maximum Gasteiger partial charge on any atom is 0.256 e. The predicted octanol–water partition coefficient (Wildman–Crippen LogP) is 4.56. The molecular formula is C17H13BrN2O. The molecule has 0 aliphatic carbocycles. The van der Waals surface area contributed by atoms with Crippen LogP contribution in [0.3, 0.4) is 0 Å². The molecule has 0 saturated carbocycles. The average molecular weight is 341 g/mol. The number of aryl methyl sites for hydroxylation is 1. The van der Waals surface area contributed by atoms with Crippen molar-refractivity contribution >= 4 is 38.4 Å². The summed E-state index contributed by atoms with van der Waals surface area (Å²) in [7, 11) is 0. The van der Waals surface area contributed by atoms with Crippen LogP contribution in [0.4, 0.5) is 5.82 Å². The van der Waals surface area contributed by atoms with E-state index >= 15 is 0 Å². The fourth-order valence-electron chi connectivity index (χ4n) is 2.07. The number of benzene rings is 2. The second-order valence-corrected chi connectivity index (χ2v) is 5.69. The number of pyridine rings is 1. The first-order valence-electron chi connectivity index (χ1n) is 6.56. The number of anilines is 1. The van der Waals surface area contributed by atoms with Crippen molar-refractivity contribution in [3.05, 3.63) is 70.3 Å². The normalized spacial score (nSPS) is 10.6. The zero-order valence-corrected chi connectivity index (χ0v) is 13.0. The monoisotopic (exact) mass is 340 g/mol. The van der Waals surface area contributed by atoms with Crippen LogP contribution in [0.15, 0.2) is 59.2 Å². The lowest BCUT2D eigenvalue weighted by molar-refractivity contribution is 0.102. The van der Waals surface area contributed by atoms with Crippen molar-refractivity contribution in [1.82, 2.24) is 4.98 Å². The fraction of sp³-hybridized carbons (Fsp3) is 0.0588. The molecule has 0 spiro atoms. The minimum absolute atomic E-state index is 0.168. The predicted molar refractivity (Wildman–Crippen MR) is 88.6 cm³/mol. The van der Waals surface area contributed by atoms with Gasteiger partial charge in [0.2, 0.25) is 0 Å². The van der Waals surface area contributed by atoms with Crippen LogP contribution in [-0.2, 0) is 0 Å². The molecule has 2 aromatic carbocycles. The largest absolute Gasteiger partial charge is 0.307 e. The molecule has 0 radical (unpaired) electrons. The Morgan fingerprint density at radius 2 is 1.86 bits per heavy atom. The summed E-state index contributed by atoms with van der Waals surface area (Å²) in [6.07, 6.45) is 1.76. The van der Waals surface area contributed by atoms with Gasteiger partial charge in [-0.1, -0.05) is 46.3 Å². The van der Waals surface area contributed by atoms with Crippen LogP contribution in [0.5, 0.6) is 0 Å².